The third kappa shape index (κ3) is 5.24. The molecule has 1 aliphatic heterocycles. The van der Waals surface area contributed by atoms with Gasteiger partial charge in [-0.2, -0.15) is 5.10 Å². The van der Waals surface area contributed by atoms with E-state index in [1.54, 1.807) is 6.07 Å². The zero-order chi connectivity index (χ0) is 18.2. The summed E-state index contributed by atoms with van der Waals surface area (Å²) in [5.74, 6) is -0.213. The van der Waals surface area contributed by atoms with Gasteiger partial charge in [-0.05, 0) is 18.9 Å². The van der Waals surface area contributed by atoms with Crippen LogP contribution in [0.4, 0.5) is 0 Å². The lowest BCUT2D eigenvalue weighted by Crippen LogP contribution is -2.34. The number of hydrogen-bond acceptors (Lipinski definition) is 5. The summed E-state index contributed by atoms with van der Waals surface area (Å²) in [4.78, 5) is 23.7. The maximum absolute atomic E-state index is 11.9. The molecule has 26 heavy (non-hydrogen) atoms. The first-order valence-electron chi connectivity index (χ1n) is 8.82. The molecule has 1 N–H and O–H groups in total. The Morgan fingerprint density at radius 2 is 2.12 bits per heavy atom. The van der Waals surface area contributed by atoms with Gasteiger partial charge in [0.2, 0.25) is 5.91 Å². The quantitative estimate of drug-likeness (QED) is 0.768. The number of carbonyl (C=O) groups excluding carboxylic acids is 1. The smallest absolute Gasteiger partial charge is 0.266 e. The molecule has 0 aliphatic carbocycles. The monoisotopic (exact) mass is 357 g/mol. The zero-order valence-corrected chi connectivity index (χ0v) is 14.6. The Hall–Kier alpha value is -2.51. The molecule has 3 rings (SSSR count). The normalized spacial score (nSPS) is 16.5. The van der Waals surface area contributed by atoms with Crippen molar-refractivity contribution in [3.8, 4) is 11.3 Å². The summed E-state index contributed by atoms with van der Waals surface area (Å²) < 4.78 is 12.2. The van der Waals surface area contributed by atoms with Crippen LogP contribution >= 0.6 is 0 Å². The fraction of sp³-hybridized carbons (Fsp3) is 0.421. The number of carbonyl (C=O) groups is 1. The highest BCUT2D eigenvalue weighted by atomic mass is 16.5. The van der Waals surface area contributed by atoms with Gasteiger partial charge in [-0.1, -0.05) is 30.3 Å². The fourth-order valence-electron chi connectivity index (χ4n) is 2.78. The van der Waals surface area contributed by atoms with Crippen molar-refractivity contribution in [1.82, 2.24) is 15.1 Å². The van der Waals surface area contributed by atoms with Gasteiger partial charge in [0.15, 0.2) is 0 Å². The Kier molecular flexibility index (Phi) is 6.51. The van der Waals surface area contributed by atoms with E-state index in [9.17, 15) is 9.59 Å². The van der Waals surface area contributed by atoms with Crippen molar-refractivity contribution in [3.63, 3.8) is 0 Å². The van der Waals surface area contributed by atoms with Crippen LogP contribution in [-0.4, -0.2) is 48.2 Å². The molecule has 1 aromatic carbocycles. The van der Waals surface area contributed by atoms with E-state index in [1.807, 2.05) is 30.3 Å². The average Bonchev–Trinajstić information content (AvgIpc) is 3.17. The maximum atomic E-state index is 11.9. The SMILES string of the molecule is O=C(COC[C@@H]1CCCO1)NCCn1nc(-c2ccccc2)ccc1=O. The van der Waals surface area contributed by atoms with Crippen LogP contribution in [0.25, 0.3) is 11.3 Å². The summed E-state index contributed by atoms with van der Waals surface area (Å²) in [6.45, 7) is 1.81. The molecule has 138 valence electrons. The number of rotatable bonds is 8. The van der Waals surface area contributed by atoms with Crippen LogP contribution < -0.4 is 10.9 Å². The highest BCUT2D eigenvalue weighted by Gasteiger charge is 2.15. The van der Waals surface area contributed by atoms with Crippen molar-refractivity contribution < 1.29 is 14.3 Å². The summed E-state index contributed by atoms with van der Waals surface area (Å²) in [5, 5.41) is 7.10. The first kappa shape index (κ1) is 18.3. The van der Waals surface area contributed by atoms with Crippen LogP contribution in [0, 0.1) is 0 Å². The minimum atomic E-state index is -0.213. The van der Waals surface area contributed by atoms with Crippen LogP contribution in [0.15, 0.2) is 47.3 Å². The van der Waals surface area contributed by atoms with Gasteiger partial charge >= 0.3 is 0 Å². The lowest BCUT2D eigenvalue weighted by Gasteiger charge is -2.11. The number of amides is 1. The predicted molar refractivity (Wildman–Crippen MR) is 96.7 cm³/mol. The highest BCUT2D eigenvalue weighted by Crippen LogP contribution is 2.14. The third-order valence-corrected chi connectivity index (χ3v) is 4.14. The van der Waals surface area contributed by atoms with Gasteiger partial charge in [0.05, 0.1) is 24.9 Å². The van der Waals surface area contributed by atoms with Crippen LogP contribution in [0.2, 0.25) is 0 Å². The van der Waals surface area contributed by atoms with Crippen LogP contribution in [-0.2, 0) is 20.8 Å². The summed E-state index contributed by atoms with van der Waals surface area (Å²) in [5.41, 5.74) is 1.46. The molecule has 2 aromatic rings. The summed E-state index contributed by atoms with van der Waals surface area (Å²) in [6.07, 6.45) is 2.13. The molecule has 0 radical (unpaired) electrons. The van der Waals surface area contributed by atoms with Crippen molar-refractivity contribution in [3.05, 3.63) is 52.8 Å². The number of aromatic nitrogens is 2. The second-order valence-corrected chi connectivity index (χ2v) is 6.15. The molecule has 0 saturated carbocycles. The molecule has 1 amide bonds. The molecule has 1 aliphatic rings. The van der Waals surface area contributed by atoms with Gasteiger partial charge in [0.25, 0.3) is 5.56 Å². The highest BCUT2D eigenvalue weighted by molar-refractivity contribution is 5.77. The van der Waals surface area contributed by atoms with E-state index in [4.69, 9.17) is 9.47 Å². The molecule has 1 aromatic heterocycles. The van der Waals surface area contributed by atoms with Crippen LogP contribution in [0.5, 0.6) is 0 Å². The standard InChI is InChI=1S/C19H23N3O4/c23-18(14-25-13-16-7-4-12-26-16)20-10-11-22-19(24)9-8-17(21-22)15-5-2-1-3-6-15/h1-3,5-6,8-9,16H,4,7,10-14H2,(H,20,23)/t16-/m0/s1. The topological polar surface area (TPSA) is 82.4 Å². The lowest BCUT2D eigenvalue weighted by atomic mass is 10.1. The minimum absolute atomic E-state index is 0.00770. The van der Waals surface area contributed by atoms with Gasteiger partial charge in [0.1, 0.15) is 6.61 Å². The van der Waals surface area contributed by atoms with Gasteiger partial charge < -0.3 is 14.8 Å². The molecule has 0 spiro atoms. The molecule has 1 fully saturated rings. The molecule has 0 unspecified atom stereocenters. The lowest BCUT2D eigenvalue weighted by molar-refractivity contribution is -0.126. The number of benzene rings is 1. The van der Waals surface area contributed by atoms with Crippen molar-refractivity contribution in [2.45, 2.75) is 25.5 Å². The first-order valence-corrected chi connectivity index (χ1v) is 8.82. The maximum Gasteiger partial charge on any atom is 0.266 e. The van der Waals surface area contributed by atoms with Crippen LogP contribution in [0.1, 0.15) is 12.8 Å². The predicted octanol–water partition coefficient (Wildman–Crippen LogP) is 1.22. The second-order valence-electron chi connectivity index (χ2n) is 6.15. The van der Waals surface area contributed by atoms with Gasteiger partial charge in [-0.25, -0.2) is 4.68 Å². The molecule has 1 saturated heterocycles. The Morgan fingerprint density at radius 1 is 1.27 bits per heavy atom. The average molecular weight is 357 g/mol. The Labute approximate surface area is 151 Å². The van der Waals surface area contributed by atoms with E-state index in [0.29, 0.717) is 19.7 Å². The summed E-state index contributed by atoms with van der Waals surface area (Å²) in [6, 6.07) is 12.8. The molecule has 7 heteroatoms. The van der Waals surface area contributed by atoms with Gasteiger partial charge in [-0.15, -0.1) is 0 Å². The molecular weight excluding hydrogens is 334 g/mol. The zero-order valence-electron chi connectivity index (χ0n) is 14.6. The number of nitrogens with one attached hydrogen (secondary N) is 1. The van der Waals surface area contributed by atoms with E-state index in [1.165, 1.54) is 10.7 Å². The van der Waals surface area contributed by atoms with E-state index in [0.717, 1.165) is 30.7 Å². The molecule has 2 heterocycles. The fourth-order valence-corrected chi connectivity index (χ4v) is 2.78. The van der Waals surface area contributed by atoms with E-state index >= 15 is 0 Å². The third-order valence-electron chi connectivity index (χ3n) is 4.14. The Bertz CT molecular complexity index is 770. The van der Waals surface area contributed by atoms with E-state index in [-0.39, 0.29) is 24.2 Å². The minimum Gasteiger partial charge on any atom is -0.376 e. The number of nitrogens with zero attached hydrogens (tertiary/aromatic N) is 2. The second kappa shape index (κ2) is 9.26. The van der Waals surface area contributed by atoms with E-state index in [2.05, 4.69) is 10.4 Å². The van der Waals surface area contributed by atoms with Crippen molar-refractivity contribution in [1.29, 1.82) is 0 Å². The first-order chi connectivity index (χ1) is 12.7. The number of hydrogen-bond donors (Lipinski definition) is 1. The van der Waals surface area contributed by atoms with Crippen molar-refractivity contribution >= 4 is 5.91 Å². The van der Waals surface area contributed by atoms with Crippen molar-refractivity contribution in [2.24, 2.45) is 0 Å². The van der Waals surface area contributed by atoms with Crippen molar-refractivity contribution in [2.75, 3.05) is 26.4 Å². The molecule has 1 atom stereocenters. The molecule has 7 nitrogen and oxygen atoms in total. The largest absolute Gasteiger partial charge is 0.376 e. The van der Waals surface area contributed by atoms with Crippen LogP contribution in [0.3, 0.4) is 0 Å². The Morgan fingerprint density at radius 3 is 2.88 bits per heavy atom. The van der Waals surface area contributed by atoms with Gasteiger partial charge in [0, 0.05) is 24.8 Å². The Balaban J connectivity index is 1.45. The molecular formula is C19H23N3O4. The van der Waals surface area contributed by atoms with E-state index < -0.39 is 0 Å². The summed E-state index contributed by atoms with van der Waals surface area (Å²) >= 11 is 0. The summed E-state index contributed by atoms with van der Waals surface area (Å²) in [7, 11) is 0. The number of ether oxygens (including phenoxy) is 2. The van der Waals surface area contributed by atoms with Gasteiger partial charge in [-0.3, -0.25) is 9.59 Å². The molecule has 0 bridgehead atoms.